The second-order valence-corrected chi connectivity index (χ2v) is 6.76. The van der Waals surface area contributed by atoms with Gasteiger partial charge in [0.15, 0.2) is 0 Å². The van der Waals surface area contributed by atoms with Gasteiger partial charge in [-0.3, -0.25) is 10.1 Å². The maximum atomic E-state index is 12.6. The zero-order valence-corrected chi connectivity index (χ0v) is 13.6. The molecule has 4 heteroatoms. The topological polar surface area (TPSA) is 35.6 Å². The van der Waals surface area contributed by atoms with Crippen LogP contribution in [0.25, 0.3) is 0 Å². The molecule has 0 radical (unpaired) electrons. The van der Waals surface area contributed by atoms with E-state index in [1.165, 1.54) is 0 Å². The summed E-state index contributed by atoms with van der Waals surface area (Å²) in [6.07, 6.45) is 1.20. The van der Waals surface area contributed by atoms with Gasteiger partial charge in [-0.2, -0.15) is 0 Å². The van der Waals surface area contributed by atoms with Gasteiger partial charge in [-0.15, -0.1) is 0 Å². The molecule has 112 valence electrons. The fraction of sp³-hybridized carbons (Fsp3) is 0.933. The number of hydrogen-bond donors (Lipinski definition) is 1. The predicted octanol–water partition coefficient (Wildman–Crippen LogP) is 1.77. The summed E-state index contributed by atoms with van der Waals surface area (Å²) in [6.45, 7) is 11.8. The maximum Gasteiger partial charge on any atom is 0.241 e. The van der Waals surface area contributed by atoms with Crippen molar-refractivity contribution in [2.75, 3.05) is 20.6 Å². The summed E-state index contributed by atoms with van der Waals surface area (Å²) in [5.74, 6) is 1.06. The van der Waals surface area contributed by atoms with Gasteiger partial charge < -0.3 is 9.80 Å². The van der Waals surface area contributed by atoms with E-state index >= 15 is 0 Å². The Bertz CT molecular complexity index is 302. The van der Waals surface area contributed by atoms with Gasteiger partial charge in [-0.25, -0.2) is 0 Å². The molecule has 0 bridgehead atoms. The summed E-state index contributed by atoms with van der Waals surface area (Å²) in [5, 5.41) is 3.52. The molecule has 1 amide bonds. The van der Waals surface area contributed by atoms with Gasteiger partial charge in [0, 0.05) is 6.04 Å². The van der Waals surface area contributed by atoms with Crippen LogP contribution in [-0.4, -0.2) is 54.6 Å². The molecular formula is C15H31N3O. The lowest BCUT2D eigenvalue weighted by molar-refractivity contribution is -0.133. The number of carbonyl (C=O) groups is 1. The molecule has 1 rings (SSSR count). The van der Waals surface area contributed by atoms with Gasteiger partial charge >= 0.3 is 0 Å². The molecule has 0 aliphatic carbocycles. The first kappa shape index (κ1) is 16.4. The fourth-order valence-corrected chi connectivity index (χ4v) is 2.70. The Kier molecular flexibility index (Phi) is 5.81. The lowest BCUT2D eigenvalue weighted by Gasteiger charge is -2.33. The van der Waals surface area contributed by atoms with E-state index in [0.717, 1.165) is 13.0 Å². The Balaban J connectivity index is 2.79. The van der Waals surface area contributed by atoms with Crippen molar-refractivity contribution in [3.05, 3.63) is 0 Å². The van der Waals surface area contributed by atoms with Crippen LogP contribution >= 0.6 is 0 Å². The second-order valence-electron chi connectivity index (χ2n) is 6.76. The minimum atomic E-state index is -0.0193. The zero-order chi connectivity index (χ0) is 14.7. The smallest absolute Gasteiger partial charge is 0.241 e. The van der Waals surface area contributed by atoms with E-state index in [0.29, 0.717) is 17.9 Å². The fourth-order valence-electron chi connectivity index (χ4n) is 2.70. The van der Waals surface area contributed by atoms with Gasteiger partial charge in [0.1, 0.15) is 0 Å². The van der Waals surface area contributed by atoms with E-state index < -0.39 is 0 Å². The van der Waals surface area contributed by atoms with Crippen molar-refractivity contribution in [2.45, 2.75) is 59.3 Å². The number of amides is 1. The largest absolute Gasteiger partial charge is 0.323 e. The number of rotatable bonds is 6. The minimum Gasteiger partial charge on any atom is -0.323 e. The van der Waals surface area contributed by atoms with Crippen LogP contribution in [0.3, 0.4) is 0 Å². The van der Waals surface area contributed by atoms with Crippen LogP contribution in [0.1, 0.15) is 41.0 Å². The Morgan fingerprint density at radius 2 is 1.74 bits per heavy atom. The Morgan fingerprint density at radius 1 is 1.16 bits per heavy atom. The van der Waals surface area contributed by atoms with Gasteiger partial charge in [-0.1, -0.05) is 27.7 Å². The molecule has 1 N–H and O–H groups in total. The maximum absolute atomic E-state index is 12.6. The summed E-state index contributed by atoms with van der Waals surface area (Å²) in [7, 11) is 4.15. The molecule has 4 nitrogen and oxygen atoms in total. The van der Waals surface area contributed by atoms with Gasteiger partial charge in [0.05, 0.1) is 12.2 Å². The van der Waals surface area contributed by atoms with Crippen molar-refractivity contribution < 1.29 is 4.79 Å². The molecule has 0 aromatic rings. The standard InChI is InChI=1S/C15H31N3O/c1-10(2)13-15(19)18(14(16-13)11(3)4)12(5)8-9-17(6)7/h10-14,16H,8-9H2,1-7H3. The Labute approximate surface area is 118 Å². The minimum absolute atomic E-state index is 0.0193. The van der Waals surface area contributed by atoms with E-state index in [2.05, 4.69) is 63.8 Å². The van der Waals surface area contributed by atoms with Crippen molar-refractivity contribution in [2.24, 2.45) is 11.8 Å². The number of carbonyl (C=O) groups excluding carboxylic acids is 1. The first-order chi connectivity index (χ1) is 8.75. The van der Waals surface area contributed by atoms with Crippen LogP contribution in [0.15, 0.2) is 0 Å². The van der Waals surface area contributed by atoms with Crippen LogP contribution in [0.4, 0.5) is 0 Å². The molecule has 0 spiro atoms. The van der Waals surface area contributed by atoms with E-state index in [4.69, 9.17) is 0 Å². The molecule has 1 heterocycles. The average Bonchev–Trinajstić information content (AvgIpc) is 2.64. The van der Waals surface area contributed by atoms with Gasteiger partial charge in [0.25, 0.3) is 0 Å². The molecule has 3 unspecified atom stereocenters. The van der Waals surface area contributed by atoms with E-state index in [1.807, 2.05) is 0 Å². The Hall–Kier alpha value is -0.610. The number of nitrogens with one attached hydrogen (secondary N) is 1. The highest BCUT2D eigenvalue weighted by atomic mass is 16.2. The number of hydrogen-bond acceptors (Lipinski definition) is 3. The second kappa shape index (κ2) is 6.71. The van der Waals surface area contributed by atoms with Crippen molar-refractivity contribution in [3.63, 3.8) is 0 Å². The highest BCUT2D eigenvalue weighted by Gasteiger charge is 2.43. The molecule has 1 saturated heterocycles. The molecule has 1 aliphatic rings. The van der Waals surface area contributed by atoms with E-state index in [9.17, 15) is 4.79 Å². The van der Waals surface area contributed by atoms with E-state index in [-0.39, 0.29) is 18.1 Å². The van der Waals surface area contributed by atoms with Crippen molar-refractivity contribution in [1.82, 2.24) is 15.1 Å². The lowest BCUT2D eigenvalue weighted by atomic mass is 10.0. The Morgan fingerprint density at radius 3 is 2.16 bits per heavy atom. The third kappa shape index (κ3) is 3.93. The molecule has 1 fully saturated rings. The summed E-state index contributed by atoms with van der Waals surface area (Å²) < 4.78 is 0. The van der Waals surface area contributed by atoms with Crippen LogP contribution in [0, 0.1) is 11.8 Å². The molecule has 19 heavy (non-hydrogen) atoms. The molecular weight excluding hydrogens is 238 g/mol. The highest BCUT2D eigenvalue weighted by Crippen LogP contribution is 2.25. The summed E-state index contributed by atoms with van der Waals surface area (Å²) in [6, 6.07) is 0.271. The summed E-state index contributed by atoms with van der Waals surface area (Å²) in [5.41, 5.74) is 0. The quantitative estimate of drug-likeness (QED) is 0.798. The summed E-state index contributed by atoms with van der Waals surface area (Å²) in [4.78, 5) is 16.9. The van der Waals surface area contributed by atoms with Gasteiger partial charge in [0.2, 0.25) is 5.91 Å². The molecule has 0 aromatic carbocycles. The SMILES string of the molecule is CC(C)C1NC(C(C)C)N(C(C)CCN(C)C)C1=O. The number of nitrogens with zero attached hydrogens (tertiary/aromatic N) is 2. The van der Waals surface area contributed by atoms with Crippen molar-refractivity contribution >= 4 is 5.91 Å². The van der Waals surface area contributed by atoms with Crippen molar-refractivity contribution in [3.8, 4) is 0 Å². The zero-order valence-electron chi connectivity index (χ0n) is 13.6. The third-order valence-electron chi connectivity index (χ3n) is 3.94. The molecule has 0 saturated carbocycles. The van der Waals surface area contributed by atoms with Crippen LogP contribution in [0.5, 0.6) is 0 Å². The molecule has 0 aromatic heterocycles. The molecule has 3 atom stereocenters. The monoisotopic (exact) mass is 269 g/mol. The summed E-state index contributed by atoms with van der Waals surface area (Å²) >= 11 is 0. The highest BCUT2D eigenvalue weighted by molar-refractivity contribution is 5.85. The van der Waals surface area contributed by atoms with Crippen LogP contribution in [0.2, 0.25) is 0 Å². The van der Waals surface area contributed by atoms with Crippen LogP contribution in [-0.2, 0) is 4.79 Å². The first-order valence-electron chi connectivity index (χ1n) is 7.48. The first-order valence-corrected chi connectivity index (χ1v) is 7.48. The van der Waals surface area contributed by atoms with Crippen LogP contribution < -0.4 is 5.32 Å². The lowest BCUT2D eigenvalue weighted by Crippen LogP contribution is -2.47. The van der Waals surface area contributed by atoms with E-state index in [1.54, 1.807) is 0 Å². The van der Waals surface area contributed by atoms with Gasteiger partial charge in [-0.05, 0) is 45.8 Å². The normalized spacial score (nSPS) is 26.0. The van der Waals surface area contributed by atoms with Crippen molar-refractivity contribution in [1.29, 1.82) is 0 Å². The average molecular weight is 269 g/mol. The third-order valence-corrected chi connectivity index (χ3v) is 3.94. The molecule has 1 aliphatic heterocycles. The predicted molar refractivity (Wildman–Crippen MR) is 79.9 cm³/mol.